The maximum Gasteiger partial charge on any atom is 0.322 e. The van der Waals surface area contributed by atoms with Crippen molar-refractivity contribution < 1.29 is 9.47 Å². The van der Waals surface area contributed by atoms with Crippen molar-refractivity contribution >= 4 is 11.9 Å². The van der Waals surface area contributed by atoms with E-state index in [4.69, 9.17) is 9.47 Å². The number of ether oxygens (including phenoxy) is 2. The Morgan fingerprint density at radius 3 is 2.50 bits per heavy atom. The number of para-hydroxylation sites is 1. The average Bonchev–Trinajstić information content (AvgIpc) is 2.52. The van der Waals surface area contributed by atoms with Gasteiger partial charge in [-0.15, -0.1) is 0 Å². The molecule has 0 aliphatic heterocycles. The van der Waals surface area contributed by atoms with Gasteiger partial charge in [0, 0.05) is 7.05 Å². The second-order valence-electron chi connectivity index (χ2n) is 3.81. The summed E-state index contributed by atoms with van der Waals surface area (Å²) in [6.07, 6.45) is 0. The summed E-state index contributed by atoms with van der Waals surface area (Å²) < 4.78 is 10.6. The van der Waals surface area contributed by atoms with Gasteiger partial charge in [0.05, 0.1) is 13.7 Å². The molecule has 20 heavy (non-hydrogen) atoms. The number of anilines is 2. The molecule has 2 rings (SSSR count). The van der Waals surface area contributed by atoms with E-state index in [1.54, 1.807) is 7.05 Å². The lowest BCUT2D eigenvalue weighted by Crippen LogP contribution is -2.14. The van der Waals surface area contributed by atoms with Gasteiger partial charge in [-0.1, -0.05) is 18.2 Å². The highest BCUT2D eigenvalue weighted by Gasteiger charge is 2.04. The molecule has 0 bridgehead atoms. The third kappa shape index (κ3) is 3.98. The van der Waals surface area contributed by atoms with Crippen LogP contribution in [0, 0.1) is 0 Å². The summed E-state index contributed by atoms with van der Waals surface area (Å²) in [5.41, 5.74) is 0. The number of methoxy groups -OCH3 is 1. The van der Waals surface area contributed by atoms with Crippen molar-refractivity contribution in [1.82, 2.24) is 15.0 Å². The molecule has 1 heterocycles. The van der Waals surface area contributed by atoms with Crippen molar-refractivity contribution in [2.75, 3.05) is 37.9 Å². The SMILES string of the molecule is CNc1nc(NCCOc2ccccc2)nc(OC)n1. The Bertz CT molecular complexity index is 513. The van der Waals surface area contributed by atoms with Gasteiger partial charge < -0.3 is 20.1 Å². The van der Waals surface area contributed by atoms with Crippen LogP contribution in [0.15, 0.2) is 30.3 Å². The lowest BCUT2D eigenvalue weighted by Gasteiger charge is -2.09. The molecule has 7 heteroatoms. The molecule has 1 aromatic heterocycles. The summed E-state index contributed by atoms with van der Waals surface area (Å²) in [5, 5.41) is 5.90. The van der Waals surface area contributed by atoms with Gasteiger partial charge in [-0.05, 0) is 12.1 Å². The fraction of sp³-hybridized carbons (Fsp3) is 0.308. The van der Waals surface area contributed by atoms with E-state index in [0.29, 0.717) is 25.0 Å². The molecule has 0 atom stereocenters. The minimum atomic E-state index is 0.260. The maximum absolute atomic E-state index is 5.56. The van der Waals surface area contributed by atoms with Crippen molar-refractivity contribution in [2.24, 2.45) is 0 Å². The van der Waals surface area contributed by atoms with Crippen LogP contribution in [0.1, 0.15) is 0 Å². The number of nitrogens with zero attached hydrogens (tertiary/aromatic N) is 3. The van der Waals surface area contributed by atoms with Crippen LogP contribution in [0.5, 0.6) is 11.8 Å². The fourth-order valence-corrected chi connectivity index (χ4v) is 1.49. The fourth-order valence-electron chi connectivity index (χ4n) is 1.49. The number of hydrogen-bond acceptors (Lipinski definition) is 7. The molecular weight excluding hydrogens is 258 g/mol. The van der Waals surface area contributed by atoms with E-state index in [1.165, 1.54) is 7.11 Å². The Labute approximate surface area is 117 Å². The molecule has 0 radical (unpaired) electrons. The van der Waals surface area contributed by atoms with Crippen molar-refractivity contribution in [2.45, 2.75) is 0 Å². The van der Waals surface area contributed by atoms with E-state index >= 15 is 0 Å². The van der Waals surface area contributed by atoms with Crippen molar-refractivity contribution in [1.29, 1.82) is 0 Å². The minimum absolute atomic E-state index is 0.260. The quantitative estimate of drug-likeness (QED) is 0.739. The predicted molar refractivity (Wildman–Crippen MR) is 76.4 cm³/mol. The highest BCUT2D eigenvalue weighted by atomic mass is 16.5. The lowest BCUT2D eigenvalue weighted by molar-refractivity contribution is 0.332. The number of hydrogen-bond donors (Lipinski definition) is 2. The molecule has 0 saturated carbocycles. The number of benzene rings is 1. The summed E-state index contributed by atoms with van der Waals surface area (Å²) in [5.74, 6) is 1.72. The van der Waals surface area contributed by atoms with Crippen molar-refractivity contribution in [3.05, 3.63) is 30.3 Å². The first-order valence-corrected chi connectivity index (χ1v) is 6.21. The zero-order chi connectivity index (χ0) is 14.2. The molecule has 0 aliphatic rings. The van der Waals surface area contributed by atoms with Crippen LogP contribution in [0.4, 0.5) is 11.9 Å². The summed E-state index contributed by atoms with van der Waals surface area (Å²) in [6.45, 7) is 1.08. The largest absolute Gasteiger partial charge is 0.492 e. The van der Waals surface area contributed by atoms with E-state index in [2.05, 4.69) is 25.6 Å². The van der Waals surface area contributed by atoms with Gasteiger partial charge in [-0.3, -0.25) is 0 Å². The molecule has 0 saturated heterocycles. The maximum atomic E-state index is 5.56. The highest BCUT2D eigenvalue weighted by Crippen LogP contribution is 2.10. The van der Waals surface area contributed by atoms with Gasteiger partial charge in [0.15, 0.2) is 0 Å². The average molecular weight is 275 g/mol. The van der Waals surface area contributed by atoms with Crippen LogP contribution >= 0.6 is 0 Å². The first-order chi connectivity index (χ1) is 9.81. The van der Waals surface area contributed by atoms with Gasteiger partial charge in [0.25, 0.3) is 0 Å². The molecule has 0 aliphatic carbocycles. The predicted octanol–water partition coefficient (Wildman–Crippen LogP) is 1.41. The van der Waals surface area contributed by atoms with E-state index in [0.717, 1.165) is 5.75 Å². The molecule has 0 spiro atoms. The second kappa shape index (κ2) is 7.13. The van der Waals surface area contributed by atoms with Gasteiger partial charge in [0.1, 0.15) is 12.4 Å². The topological polar surface area (TPSA) is 81.2 Å². The summed E-state index contributed by atoms with van der Waals surface area (Å²) >= 11 is 0. The Kier molecular flexibility index (Phi) is 4.94. The van der Waals surface area contributed by atoms with Crippen LogP contribution in [0.2, 0.25) is 0 Å². The van der Waals surface area contributed by atoms with Gasteiger partial charge >= 0.3 is 6.01 Å². The molecule has 2 aromatic rings. The van der Waals surface area contributed by atoms with E-state index < -0.39 is 0 Å². The number of aromatic nitrogens is 3. The van der Waals surface area contributed by atoms with E-state index in [9.17, 15) is 0 Å². The molecule has 0 amide bonds. The Hall–Kier alpha value is -2.57. The smallest absolute Gasteiger partial charge is 0.322 e. The first kappa shape index (κ1) is 13.9. The normalized spacial score (nSPS) is 9.90. The Morgan fingerprint density at radius 1 is 1.05 bits per heavy atom. The molecule has 2 N–H and O–H groups in total. The monoisotopic (exact) mass is 275 g/mol. The molecule has 7 nitrogen and oxygen atoms in total. The zero-order valence-corrected chi connectivity index (χ0v) is 11.5. The molecule has 1 aromatic carbocycles. The van der Waals surface area contributed by atoms with Crippen LogP contribution in [0.25, 0.3) is 0 Å². The van der Waals surface area contributed by atoms with Crippen LogP contribution in [-0.2, 0) is 0 Å². The third-order valence-corrected chi connectivity index (χ3v) is 2.42. The lowest BCUT2D eigenvalue weighted by atomic mass is 10.3. The van der Waals surface area contributed by atoms with E-state index in [1.807, 2.05) is 30.3 Å². The van der Waals surface area contributed by atoms with Crippen LogP contribution < -0.4 is 20.1 Å². The van der Waals surface area contributed by atoms with Crippen molar-refractivity contribution in [3.8, 4) is 11.8 Å². The summed E-state index contributed by atoms with van der Waals surface area (Å²) in [6, 6.07) is 9.88. The molecular formula is C13H17N5O2. The van der Waals surface area contributed by atoms with Gasteiger partial charge in [-0.2, -0.15) is 15.0 Å². The zero-order valence-electron chi connectivity index (χ0n) is 11.5. The first-order valence-electron chi connectivity index (χ1n) is 6.21. The Balaban J connectivity index is 1.84. The summed E-state index contributed by atoms with van der Waals surface area (Å²) in [7, 11) is 3.24. The minimum Gasteiger partial charge on any atom is -0.492 e. The number of rotatable bonds is 7. The Morgan fingerprint density at radius 2 is 1.80 bits per heavy atom. The van der Waals surface area contributed by atoms with Crippen LogP contribution in [0.3, 0.4) is 0 Å². The standard InChI is InChI=1S/C13H17N5O2/c1-14-11-16-12(18-13(17-11)19-2)15-8-9-20-10-6-4-3-5-7-10/h3-7H,8-9H2,1-2H3,(H2,14,15,16,17,18). The summed E-state index contributed by atoms with van der Waals surface area (Å²) in [4.78, 5) is 12.3. The van der Waals surface area contributed by atoms with Crippen LogP contribution in [-0.4, -0.2) is 42.3 Å². The second-order valence-corrected chi connectivity index (χ2v) is 3.81. The van der Waals surface area contributed by atoms with Crippen molar-refractivity contribution in [3.63, 3.8) is 0 Å². The molecule has 0 unspecified atom stereocenters. The third-order valence-electron chi connectivity index (χ3n) is 2.42. The number of nitrogens with one attached hydrogen (secondary N) is 2. The molecule has 0 fully saturated rings. The van der Waals surface area contributed by atoms with E-state index in [-0.39, 0.29) is 6.01 Å². The van der Waals surface area contributed by atoms with Gasteiger partial charge in [0.2, 0.25) is 11.9 Å². The highest BCUT2D eigenvalue weighted by molar-refractivity contribution is 5.35. The molecule has 106 valence electrons. The van der Waals surface area contributed by atoms with Gasteiger partial charge in [-0.25, -0.2) is 0 Å².